The van der Waals surface area contributed by atoms with Crippen LogP contribution in [0.4, 0.5) is 0 Å². The number of nitrogens with zero attached hydrogens (tertiary/aromatic N) is 2. The van der Waals surface area contributed by atoms with Crippen molar-refractivity contribution in [3.63, 3.8) is 0 Å². The highest BCUT2D eigenvalue weighted by atomic mass is 79.9. The van der Waals surface area contributed by atoms with Gasteiger partial charge in [0, 0.05) is 27.3 Å². The fourth-order valence-corrected chi connectivity index (χ4v) is 3.41. The molecule has 0 saturated carbocycles. The van der Waals surface area contributed by atoms with E-state index in [1.54, 1.807) is 0 Å². The van der Waals surface area contributed by atoms with Gasteiger partial charge in [0.2, 0.25) is 0 Å². The van der Waals surface area contributed by atoms with Gasteiger partial charge in [0.15, 0.2) is 0 Å². The molecule has 2 aromatic rings. The fraction of sp³-hybridized carbons (Fsp3) is 0.400. The van der Waals surface area contributed by atoms with Gasteiger partial charge < -0.3 is 5.32 Å². The first-order valence-electron chi connectivity index (χ1n) is 6.86. The van der Waals surface area contributed by atoms with Crippen LogP contribution < -0.4 is 5.32 Å². The normalized spacial score (nSPS) is 12.6. The molecule has 2 rings (SSSR count). The number of hydrogen-bond acceptors (Lipinski definition) is 2. The quantitative estimate of drug-likeness (QED) is 0.772. The molecule has 0 spiro atoms. The topological polar surface area (TPSA) is 29.9 Å². The Hall–Kier alpha value is -0.650. The largest absolute Gasteiger partial charge is 0.306 e. The van der Waals surface area contributed by atoms with E-state index in [4.69, 9.17) is 0 Å². The molecule has 1 heterocycles. The van der Waals surface area contributed by atoms with Crippen LogP contribution in [0.25, 0.3) is 0 Å². The predicted molar refractivity (Wildman–Crippen MR) is 89.9 cm³/mol. The van der Waals surface area contributed by atoms with Crippen LogP contribution in [0, 0.1) is 0 Å². The summed E-state index contributed by atoms with van der Waals surface area (Å²) in [6.45, 7) is 6.14. The molecule has 20 heavy (non-hydrogen) atoms. The number of halogens is 2. The molecule has 1 atom stereocenters. The Morgan fingerprint density at radius 3 is 2.70 bits per heavy atom. The van der Waals surface area contributed by atoms with Crippen molar-refractivity contribution < 1.29 is 0 Å². The minimum atomic E-state index is 0.165. The van der Waals surface area contributed by atoms with Crippen LogP contribution in [0.2, 0.25) is 0 Å². The zero-order valence-corrected chi connectivity index (χ0v) is 14.9. The van der Waals surface area contributed by atoms with Gasteiger partial charge in [-0.25, -0.2) is 0 Å². The van der Waals surface area contributed by atoms with E-state index < -0.39 is 0 Å². The van der Waals surface area contributed by atoms with Gasteiger partial charge in [-0.2, -0.15) is 5.10 Å². The molecule has 1 unspecified atom stereocenters. The van der Waals surface area contributed by atoms with Crippen molar-refractivity contribution in [3.8, 4) is 0 Å². The van der Waals surface area contributed by atoms with Gasteiger partial charge >= 0.3 is 0 Å². The number of nitrogens with one attached hydrogen (secondary N) is 1. The maximum Gasteiger partial charge on any atom is 0.0619 e. The first kappa shape index (κ1) is 15.7. The van der Waals surface area contributed by atoms with Crippen LogP contribution in [0.3, 0.4) is 0 Å². The maximum atomic E-state index is 4.39. The summed E-state index contributed by atoms with van der Waals surface area (Å²) in [4.78, 5) is 0. The highest BCUT2D eigenvalue weighted by Crippen LogP contribution is 2.30. The molecule has 0 aliphatic carbocycles. The summed E-state index contributed by atoms with van der Waals surface area (Å²) < 4.78 is 4.14. The average molecular weight is 401 g/mol. The first-order valence-corrected chi connectivity index (χ1v) is 8.45. The Balaban J connectivity index is 2.35. The Bertz CT molecular complexity index is 566. The molecule has 0 aliphatic heterocycles. The van der Waals surface area contributed by atoms with Crippen LogP contribution in [-0.2, 0) is 6.54 Å². The lowest BCUT2D eigenvalue weighted by atomic mass is 10.0. The SMILES string of the molecule is CCCNC(c1cnn(CC)c1)c1ccc(Br)cc1Br. The third-order valence-corrected chi connectivity index (χ3v) is 4.36. The van der Waals surface area contributed by atoms with E-state index in [9.17, 15) is 0 Å². The van der Waals surface area contributed by atoms with Crippen molar-refractivity contribution in [2.24, 2.45) is 0 Å². The number of benzene rings is 1. The first-order chi connectivity index (χ1) is 9.65. The lowest BCUT2D eigenvalue weighted by molar-refractivity contribution is 0.594. The highest BCUT2D eigenvalue weighted by molar-refractivity contribution is 9.11. The zero-order valence-electron chi connectivity index (χ0n) is 11.7. The fourth-order valence-electron chi connectivity index (χ4n) is 2.13. The average Bonchev–Trinajstić information content (AvgIpc) is 2.90. The van der Waals surface area contributed by atoms with Crippen molar-refractivity contribution in [3.05, 3.63) is 50.7 Å². The van der Waals surface area contributed by atoms with Gasteiger partial charge in [-0.3, -0.25) is 4.68 Å². The van der Waals surface area contributed by atoms with Crippen LogP contribution in [0.5, 0.6) is 0 Å². The smallest absolute Gasteiger partial charge is 0.0619 e. The van der Waals surface area contributed by atoms with E-state index in [1.165, 1.54) is 11.1 Å². The van der Waals surface area contributed by atoms with Gasteiger partial charge in [-0.05, 0) is 37.6 Å². The van der Waals surface area contributed by atoms with E-state index in [0.717, 1.165) is 28.5 Å². The van der Waals surface area contributed by atoms with E-state index in [0.29, 0.717) is 0 Å². The van der Waals surface area contributed by atoms with E-state index >= 15 is 0 Å². The summed E-state index contributed by atoms with van der Waals surface area (Å²) in [6.07, 6.45) is 5.17. The van der Waals surface area contributed by atoms with Crippen molar-refractivity contribution >= 4 is 31.9 Å². The summed E-state index contributed by atoms with van der Waals surface area (Å²) >= 11 is 7.17. The molecule has 0 amide bonds. The van der Waals surface area contributed by atoms with E-state index in [2.05, 4.69) is 80.5 Å². The summed E-state index contributed by atoms with van der Waals surface area (Å²) in [6, 6.07) is 6.47. The molecule has 1 N–H and O–H groups in total. The lowest BCUT2D eigenvalue weighted by Crippen LogP contribution is -2.23. The third-order valence-electron chi connectivity index (χ3n) is 3.18. The van der Waals surface area contributed by atoms with E-state index in [-0.39, 0.29) is 6.04 Å². The predicted octanol–water partition coefficient (Wildman–Crippen LogP) is 4.52. The second kappa shape index (κ2) is 7.38. The standard InChI is InChI=1S/C15H19Br2N3/c1-3-7-18-15(11-9-19-20(4-2)10-11)13-6-5-12(16)8-14(13)17/h5-6,8-10,15,18H,3-4,7H2,1-2H3. The molecule has 3 nitrogen and oxygen atoms in total. The van der Waals surface area contributed by atoms with Crippen molar-refractivity contribution in [1.29, 1.82) is 0 Å². The minimum Gasteiger partial charge on any atom is -0.306 e. The second-order valence-corrected chi connectivity index (χ2v) is 6.45. The van der Waals surface area contributed by atoms with Crippen molar-refractivity contribution in [2.45, 2.75) is 32.9 Å². The lowest BCUT2D eigenvalue weighted by Gasteiger charge is -2.19. The second-order valence-electron chi connectivity index (χ2n) is 4.68. The Morgan fingerprint density at radius 1 is 1.30 bits per heavy atom. The van der Waals surface area contributed by atoms with Crippen LogP contribution in [-0.4, -0.2) is 16.3 Å². The Morgan fingerprint density at radius 2 is 2.10 bits per heavy atom. The minimum absolute atomic E-state index is 0.165. The Kier molecular flexibility index (Phi) is 5.81. The summed E-state index contributed by atoms with van der Waals surface area (Å²) in [5, 5.41) is 7.99. The molecule has 0 bridgehead atoms. The van der Waals surface area contributed by atoms with Crippen molar-refractivity contribution in [1.82, 2.24) is 15.1 Å². The molecule has 5 heteroatoms. The molecule has 0 fully saturated rings. The van der Waals surface area contributed by atoms with Crippen LogP contribution >= 0.6 is 31.9 Å². The number of hydrogen-bond donors (Lipinski definition) is 1. The molecular weight excluding hydrogens is 382 g/mol. The van der Waals surface area contributed by atoms with Gasteiger partial charge in [0.1, 0.15) is 0 Å². The summed E-state index contributed by atoms with van der Waals surface area (Å²) in [5.41, 5.74) is 2.43. The van der Waals surface area contributed by atoms with E-state index in [1.807, 2.05) is 10.9 Å². The van der Waals surface area contributed by atoms with Crippen LogP contribution in [0.15, 0.2) is 39.5 Å². The molecule has 0 radical (unpaired) electrons. The van der Waals surface area contributed by atoms with Gasteiger partial charge in [-0.15, -0.1) is 0 Å². The zero-order chi connectivity index (χ0) is 14.5. The Labute approximate surface area is 137 Å². The molecule has 0 saturated heterocycles. The summed E-state index contributed by atoms with van der Waals surface area (Å²) in [5.74, 6) is 0. The number of rotatable bonds is 6. The number of aromatic nitrogens is 2. The molecule has 0 aliphatic rings. The molecule has 1 aromatic carbocycles. The van der Waals surface area contributed by atoms with Gasteiger partial charge in [0.05, 0.1) is 12.2 Å². The molecule has 108 valence electrons. The molecular formula is C15H19Br2N3. The van der Waals surface area contributed by atoms with Crippen molar-refractivity contribution in [2.75, 3.05) is 6.54 Å². The monoisotopic (exact) mass is 399 g/mol. The van der Waals surface area contributed by atoms with Gasteiger partial charge in [0.25, 0.3) is 0 Å². The highest BCUT2D eigenvalue weighted by Gasteiger charge is 2.17. The molecule has 1 aromatic heterocycles. The third kappa shape index (κ3) is 3.71. The van der Waals surface area contributed by atoms with Gasteiger partial charge in [-0.1, -0.05) is 44.8 Å². The van der Waals surface area contributed by atoms with Crippen LogP contribution in [0.1, 0.15) is 37.4 Å². The maximum absolute atomic E-state index is 4.39. The number of aryl methyl sites for hydroxylation is 1. The summed E-state index contributed by atoms with van der Waals surface area (Å²) in [7, 11) is 0.